The number of carbonyl (C=O) groups excluding carboxylic acids is 1. The van der Waals surface area contributed by atoms with Gasteiger partial charge in [0.25, 0.3) is 0 Å². The minimum atomic E-state index is -0.0647. The largest absolute Gasteiger partial charge is 0.497 e. The van der Waals surface area contributed by atoms with Crippen LogP contribution in [0.15, 0.2) is 48.5 Å². The number of H-pyrrole nitrogens is 1. The Labute approximate surface area is 175 Å². The van der Waals surface area contributed by atoms with Crippen molar-refractivity contribution in [1.82, 2.24) is 14.8 Å². The number of carbonyl (C=O) groups is 1. The van der Waals surface area contributed by atoms with E-state index in [0.29, 0.717) is 29.5 Å². The number of rotatable bonds is 8. The molecule has 0 aliphatic heterocycles. The molecular weight excluding hydrogens is 384 g/mol. The number of ether oxygens (including phenoxy) is 1. The number of benzene rings is 2. The summed E-state index contributed by atoms with van der Waals surface area (Å²) in [6, 6.07) is 15.6. The second-order valence-corrected chi connectivity index (χ2v) is 7.35. The second kappa shape index (κ2) is 9.52. The molecule has 152 valence electrons. The zero-order valence-corrected chi connectivity index (χ0v) is 17.8. The number of amides is 1. The minimum Gasteiger partial charge on any atom is -0.497 e. The molecule has 1 unspecified atom stereocenters. The SMILES string of the molecule is CCC(C)c1ccc(NC(=O)CCn2c(-c3ccc(OC)cc3)n[nH]c2=S)cc1. The number of anilines is 1. The van der Waals surface area contributed by atoms with Gasteiger partial charge in [0.15, 0.2) is 10.6 Å². The zero-order valence-electron chi connectivity index (χ0n) is 16.9. The Morgan fingerprint density at radius 3 is 2.52 bits per heavy atom. The first-order valence-electron chi connectivity index (χ1n) is 9.71. The maximum atomic E-state index is 12.4. The summed E-state index contributed by atoms with van der Waals surface area (Å²) in [5, 5.41) is 10.1. The van der Waals surface area contributed by atoms with E-state index >= 15 is 0 Å². The lowest BCUT2D eigenvalue weighted by atomic mass is 9.99. The van der Waals surface area contributed by atoms with Crippen molar-refractivity contribution in [3.8, 4) is 17.1 Å². The third-order valence-corrected chi connectivity index (χ3v) is 5.36. The molecule has 1 aromatic heterocycles. The van der Waals surface area contributed by atoms with Gasteiger partial charge in [0.1, 0.15) is 5.75 Å². The van der Waals surface area contributed by atoms with Crippen molar-refractivity contribution in [2.45, 2.75) is 39.2 Å². The highest BCUT2D eigenvalue weighted by molar-refractivity contribution is 7.71. The quantitative estimate of drug-likeness (QED) is 0.503. The molecule has 0 fully saturated rings. The number of aromatic nitrogens is 3. The Morgan fingerprint density at radius 2 is 1.90 bits per heavy atom. The number of hydrogen-bond donors (Lipinski definition) is 2. The van der Waals surface area contributed by atoms with Crippen LogP contribution >= 0.6 is 12.2 Å². The topological polar surface area (TPSA) is 71.9 Å². The van der Waals surface area contributed by atoms with Gasteiger partial charge in [0, 0.05) is 24.2 Å². The maximum Gasteiger partial charge on any atom is 0.226 e. The van der Waals surface area contributed by atoms with Gasteiger partial charge in [-0.15, -0.1) is 0 Å². The van der Waals surface area contributed by atoms with E-state index in [0.717, 1.165) is 23.4 Å². The van der Waals surface area contributed by atoms with Crippen molar-refractivity contribution in [2.24, 2.45) is 0 Å². The van der Waals surface area contributed by atoms with E-state index in [1.807, 2.05) is 41.0 Å². The van der Waals surface area contributed by atoms with Gasteiger partial charge in [0.2, 0.25) is 5.91 Å². The van der Waals surface area contributed by atoms with E-state index in [1.165, 1.54) is 5.56 Å². The molecule has 1 heterocycles. The molecule has 1 atom stereocenters. The zero-order chi connectivity index (χ0) is 20.8. The van der Waals surface area contributed by atoms with Crippen molar-refractivity contribution < 1.29 is 9.53 Å². The molecule has 7 heteroatoms. The van der Waals surface area contributed by atoms with Crippen LogP contribution < -0.4 is 10.1 Å². The monoisotopic (exact) mass is 410 g/mol. The van der Waals surface area contributed by atoms with Crippen LogP contribution in [0.1, 0.15) is 38.2 Å². The van der Waals surface area contributed by atoms with Crippen molar-refractivity contribution in [1.29, 1.82) is 0 Å². The fourth-order valence-electron chi connectivity index (χ4n) is 3.05. The third kappa shape index (κ3) is 5.12. The van der Waals surface area contributed by atoms with E-state index in [-0.39, 0.29) is 5.91 Å². The first-order chi connectivity index (χ1) is 14.0. The number of aromatic amines is 1. The van der Waals surface area contributed by atoms with Crippen LogP contribution in [0.2, 0.25) is 0 Å². The summed E-state index contributed by atoms with van der Waals surface area (Å²) in [5.74, 6) is 1.92. The normalized spacial score (nSPS) is 11.8. The van der Waals surface area contributed by atoms with Gasteiger partial charge in [-0.05, 0) is 66.5 Å². The molecule has 2 N–H and O–H groups in total. The Kier molecular flexibility index (Phi) is 6.82. The van der Waals surface area contributed by atoms with E-state index in [1.54, 1.807) is 7.11 Å². The highest BCUT2D eigenvalue weighted by Crippen LogP contribution is 2.22. The Hall–Kier alpha value is -2.93. The van der Waals surface area contributed by atoms with E-state index in [4.69, 9.17) is 17.0 Å². The first-order valence-corrected chi connectivity index (χ1v) is 10.1. The summed E-state index contributed by atoms with van der Waals surface area (Å²) in [4.78, 5) is 12.4. The summed E-state index contributed by atoms with van der Waals surface area (Å²) in [6.45, 7) is 4.80. The van der Waals surface area contributed by atoms with Crippen molar-refractivity contribution in [3.05, 3.63) is 58.9 Å². The van der Waals surface area contributed by atoms with Gasteiger partial charge < -0.3 is 10.1 Å². The van der Waals surface area contributed by atoms with Crippen LogP contribution in [0.25, 0.3) is 11.4 Å². The van der Waals surface area contributed by atoms with Crippen LogP contribution in [-0.2, 0) is 11.3 Å². The summed E-state index contributed by atoms with van der Waals surface area (Å²) in [5.41, 5.74) is 2.98. The molecule has 0 radical (unpaired) electrons. The van der Waals surface area contributed by atoms with Crippen molar-refractivity contribution >= 4 is 23.8 Å². The van der Waals surface area contributed by atoms with Gasteiger partial charge in [-0.3, -0.25) is 14.5 Å². The minimum absolute atomic E-state index is 0.0647. The molecule has 3 aromatic rings. The highest BCUT2D eigenvalue weighted by atomic mass is 32.1. The van der Waals surface area contributed by atoms with E-state index in [9.17, 15) is 4.79 Å². The van der Waals surface area contributed by atoms with E-state index < -0.39 is 0 Å². The number of nitrogens with zero attached hydrogens (tertiary/aromatic N) is 2. The van der Waals surface area contributed by atoms with Crippen LogP contribution in [-0.4, -0.2) is 27.8 Å². The van der Waals surface area contributed by atoms with Crippen molar-refractivity contribution in [3.63, 3.8) is 0 Å². The van der Waals surface area contributed by atoms with Crippen LogP contribution in [0.3, 0.4) is 0 Å². The number of nitrogens with one attached hydrogen (secondary N) is 2. The first kappa shape index (κ1) is 20.8. The van der Waals surface area contributed by atoms with Crippen LogP contribution in [0.5, 0.6) is 5.75 Å². The summed E-state index contributed by atoms with van der Waals surface area (Å²) in [7, 11) is 1.63. The number of hydrogen-bond acceptors (Lipinski definition) is 4. The molecule has 0 aliphatic rings. The van der Waals surface area contributed by atoms with Gasteiger partial charge in [-0.25, -0.2) is 0 Å². The molecule has 2 aromatic carbocycles. The average molecular weight is 411 g/mol. The number of methoxy groups -OCH3 is 1. The van der Waals surface area contributed by atoms with Gasteiger partial charge in [-0.1, -0.05) is 26.0 Å². The fourth-order valence-corrected chi connectivity index (χ4v) is 3.28. The van der Waals surface area contributed by atoms with E-state index in [2.05, 4.69) is 41.5 Å². The molecule has 29 heavy (non-hydrogen) atoms. The summed E-state index contributed by atoms with van der Waals surface area (Å²) >= 11 is 5.34. The Morgan fingerprint density at radius 1 is 1.21 bits per heavy atom. The fraction of sp³-hybridized carbons (Fsp3) is 0.318. The van der Waals surface area contributed by atoms with Crippen LogP contribution in [0, 0.1) is 4.77 Å². The molecule has 0 saturated heterocycles. The lowest BCUT2D eigenvalue weighted by Crippen LogP contribution is -2.15. The summed E-state index contributed by atoms with van der Waals surface area (Å²) < 4.78 is 7.52. The predicted molar refractivity (Wildman–Crippen MR) is 118 cm³/mol. The molecule has 0 spiro atoms. The molecule has 0 saturated carbocycles. The van der Waals surface area contributed by atoms with Gasteiger partial charge in [0.05, 0.1) is 7.11 Å². The Bertz CT molecular complexity index is 1010. The second-order valence-electron chi connectivity index (χ2n) is 6.96. The molecular formula is C22H26N4O2S. The lowest BCUT2D eigenvalue weighted by Gasteiger charge is -2.11. The molecule has 3 rings (SSSR count). The predicted octanol–water partition coefficient (Wildman–Crippen LogP) is 5.16. The molecule has 0 bridgehead atoms. The van der Waals surface area contributed by atoms with Crippen molar-refractivity contribution in [2.75, 3.05) is 12.4 Å². The third-order valence-electron chi connectivity index (χ3n) is 5.04. The van der Waals surface area contributed by atoms with Crippen LogP contribution in [0.4, 0.5) is 5.69 Å². The molecule has 1 amide bonds. The lowest BCUT2D eigenvalue weighted by molar-refractivity contribution is -0.116. The molecule has 0 aliphatic carbocycles. The highest BCUT2D eigenvalue weighted by Gasteiger charge is 2.11. The standard InChI is InChI=1S/C22H26N4O2S/c1-4-15(2)16-5-9-18(10-6-16)23-20(27)13-14-26-21(24-25-22(26)29)17-7-11-19(28-3)12-8-17/h5-12,15H,4,13-14H2,1-3H3,(H,23,27)(H,25,29). The molecule has 6 nitrogen and oxygen atoms in total. The average Bonchev–Trinajstić information content (AvgIpc) is 3.12. The Balaban J connectivity index is 1.64. The smallest absolute Gasteiger partial charge is 0.226 e. The van der Waals surface area contributed by atoms with Gasteiger partial charge in [-0.2, -0.15) is 5.10 Å². The maximum absolute atomic E-state index is 12.4. The summed E-state index contributed by atoms with van der Waals surface area (Å²) in [6.07, 6.45) is 1.39. The van der Waals surface area contributed by atoms with Gasteiger partial charge >= 0.3 is 0 Å².